The van der Waals surface area contributed by atoms with Crippen molar-refractivity contribution in [2.75, 3.05) is 32.7 Å². The Morgan fingerprint density at radius 1 is 1.15 bits per heavy atom. The molecule has 4 heteroatoms. The zero-order valence-electron chi connectivity index (χ0n) is 12.5. The predicted octanol–water partition coefficient (Wildman–Crippen LogP) is 1.41. The highest BCUT2D eigenvalue weighted by Gasteiger charge is 2.19. The molecule has 0 saturated carbocycles. The lowest BCUT2D eigenvalue weighted by molar-refractivity contribution is -0.131. The summed E-state index contributed by atoms with van der Waals surface area (Å²) in [6.45, 7) is 8.95. The predicted molar refractivity (Wildman–Crippen MR) is 81.4 cm³/mol. The van der Waals surface area contributed by atoms with Gasteiger partial charge < -0.3 is 10.6 Å². The van der Waals surface area contributed by atoms with Crippen molar-refractivity contribution in [2.24, 2.45) is 5.73 Å². The van der Waals surface area contributed by atoms with Gasteiger partial charge >= 0.3 is 0 Å². The summed E-state index contributed by atoms with van der Waals surface area (Å²) >= 11 is 0. The highest BCUT2D eigenvalue weighted by atomic mass is 16.2. The van der Waals surface area contributed by atoms with Gasteiger partial charge in [-0.15, -0.1) is 0 Å². The van der Waals surface area contributed by atoms with Crippen molar-refractivity contribution in [3.63, 3.8) is 0 Å². The van der Waals surface area contributed by atoms with Gasteiger partial charge in [0.2, 0.25) is 5.91 Å². The third-order valence-electron chi connectivity index (χ3n) is 3.95. The normalized spacial score (nSPS) is 16.7. The summed E-state index contributed by atoms with van der Waals surface area (Å²) < 4.78 is 0. The van der Waals surface area contributed by atoms with Crippen molar-refractivity contribution in [3.05, 3.63) is 35.4 Å². The molecule has 1 heterocycles. The fourth-order valence-corrected chi connectivity index (χ4v) is 2.55. The largest absolute Gasteiger partial charge is 0.339 e. The van der Waals surface area contributed by atoms with Crippen LogP contribution >= 0.6 is 0 Å². The van der Waals surface area contributed by atoms with E-state index in [9.17, 15) is 4.79 Å². The van der Waals surface area contributed by atoms with E-state index in [-0.39, 0.29) is 12.5 Å². The number of carbonyl (C=O) groups excluding carboxylic acids is 1. The van der Waals surface area contributed by atoms with Gasteiger partial charge in [0.05, 0.1) is 6.54 Å². The average molecular weight is 275 g/mol. The second kappa shape index (κ2) is 6.86. The van der Waals surface area contributed by atoms with Crippen molar-refractivity contribution >= 4 is 5.91 Å². The van der Waals surface area contributed by atoms with Gasteiger partial charge in [-0.1, -0.05) is 38.1 Å². The summed E-state index contributed by atoms with van der Waals surface area (Å²) in [6.07, 6.45) is 0. The van der Waals surface area contributed by atoms with E-state index in [1.807, 2.05) is 4.90 Å². The number of hydrogen-bond donors (Lipinski definition) is 1. The number of nitrogens with zero attached hydrogens (tertiary/aromatic N) is 2. The molecule has 2 rings (SSSR count). The maximum Gasteiger partial charge on any atom is 0.236 e. The molecule has 0 unspecified atom stereocenters. The summed E-state index contributed by atoms with van der Waals surface area (Å²) in [5, 5.41) is 0. The van der Waals surface area contributed by atoms with Crippen molar-refractivity contribution in [1.29, 1.82) is 0 Å². The minimum Gasteiger partial charge on any atom is -0.339 e. The first-order chi connectivity index (χ1) is 9.60. The van der Waals surface area contributed by atoms with Crippen LogP contribution in [0.3, 0.4) is 0 Å². The van der Waals surface area contributed by atoms with Crippen LogP contribution in [0, 0.1) is 0 Å². The molecule has 1 aliphatic rings. The Bertz CT molecular complexity index is 434. The third kappa shape index (κ3) is 3.81. The minimum absolute atomic E-state index is 0.0611. The highest BCUT2D eigenvalue weighted by molar-refractivity contribution is 5.78. The van der Waals surface area contributed by atoms with Crippen LogP contribution in [0.15, 0.2) is 24.3 Å². The molecule has 1 saturated heterocycles. The first kappa shape index (κ1) is 15.0. The number of piperazine rings is 1. The molecular formula is C16H25N3O. The van der Waals surface area contributed by atoms with E-state index >= 15 is 0 Å². The zero-order valence-corrected chi connectivity index (χ0v) is 12.5. The Morgan fingerprint density at radius 3 is 2.25 bits per heavy atom. The molecule has 1 aromatic carbocycles. The molecule has 1 fully saturated rings. The maximum absolute atomic E-state index is 11.5. The lowest BCUT2D eigenvalue weighted by atomic mass is 10.0. The molecule has 0 spiro atoms. The molecule has 1 aromatic rings. The zero-order chi connectivity index (χ0) is 14.5. The Morgan fingerprint density at radius 2 is 1.75 bits per heavy atom. The third-order valence-corrected chi connectivity index (χ3v) is 3.95. The Hall–Kier alpha value is -1.39. The topological polar surface area (TPSA) is 49.6 Å². The molecule has 0 bridgehead atoms. The van der Waals surface area contributed by atoms with Crippen LogP contribution in [0.1, 0.15) is 30.9 Å². The van der Waals surface area contributed by atoms with Crippen molar-refractivity contribution < 1.29 is 4.79 Å². The van der Waals surface area contributed by atoms with Crippen LogP contribution < -0.4 is 5.73 Å². The highest BCUT2D eigenvalue weighted by Crippen LogP contribution is 2.16. The fraction of sp³-hybridized carbons (Fsp3) is 0.562. The molecule has 110 valence electrons. The molecule has 2 N–H and O–H groups in total. The summed E-state index contributed by atoms with van der Waals surface area (Å²) in [4.78, 5) is 15.8. The van der Waals surface area contributed by atoms with Crippen molar-refractivity contribution in [3.8, 4) is 0 Å². The number of carbonyl (C=O) groups is 1. The van der Waals surface area contributed by atoms with Crippen LogP contribution in [0.2, 0.25) is 0 Å². The van der Waals surface area contributed by atoms with Crippen LogP contribution in [-0.2, 0) is 11.3 Å². The average Bonchev–Trinajstić information content (AvgIpc) is 2.48. The van der Waals surface area contributed by atoms with E-state index in [0.29, 0.717) is 5.92 Å². The van der Waals surface area contributed by atoms with Gasteiger partial charge in [-0.3, -0.25) is 9.69 Å². The second-order valence-corrected chi connectivity index (χ2v) is 5.76. The lowest BCUT2D eigenvalue weighted by Gasteiger charge is -2.34. The number of nitrogens with two attached hydrogens (primary N) is 1. The minimum atomic E-state index is 0.0611. The first-order valence-electron chi connectivity index (χ1n) is 7.39. The smallest absolute Gasteiger partial charge is 0.236 e. The Kier molecular flexibility index (Phi) is 5.15. The lowest BCUT2D eigenvalue weighted by Crippen LogP contribution is -2.49. The van der Waals surface area contributed by atoms with Gasteiger partial charge in [-0.05, 0) is 17.0 Å². The number of hydrogen-bond acceptors (Lipinski definition) is 3. The van der Waals surface area contributed by atoms with E-state index in [2.05, 4.69) is 43.0 Å². The quantitative estimate of drug-likeness (QED) is 0.904. The molecule has 0 aliphatic carbocycles. The van der Waals surface area contributed by atoms with Crippen LogP contribution in [0.5, 0.6) is 0 Å². The SMILES string of the molecule is CC(C)c1ccc(CN2CCN(C(=O)CN)CC2)cc1. The molecule has 1 aliphatic heterocycles. The van der Waals surface area contributed by atoms with E-state index in [1.54, 1.807) is 0 Å². The first-order valence-corrected chi connectivity index (χ1v) is 7.39. The van der Waals surface area contributed by atoms with E-state index < -0.39 is 0 Å². The van der Waals surface area contributed by atoms with Crippen molar-refractivity contribution in [2.45, 2.75) is 26.3 Å². The van der Waals surface area contributed by atoms with E-state index in [0.717, 1.165) is 32.7 Å². The summed E-state index contributed by atoms with van der Waals surface area (Å²) in [6, 6.07) is 8.86. The van der Waals surface area contributed by atoms with Gasteiger partial charge in [0.15, 0.2) is 0 Å². The number of amides is 1. The van der Waals surface area contributed by atoms with E-state index in [4.69, 9.17) is 5.73 Å². The van der Waals surface area contributed by atoms with Gasteiger partial charge in [0, 0.05) is 32.7 Å². The molecule has 0 radical (unpaired) electrons. The summed E-state index contributed by atoms with van der Waals surface area (Å²) in [7, 11) is 0. The van der Waals surface area contributed by atoms with Gasteiger partial charge in [0.25, 0.3) is 0 Å². The Balaban J connectivity index is 1.84. The summed E-state index contributed by atoms with van der Waals surface area (Å²) in [5.41, 5.74) is 8.12. The standard InChI is InChI=1S/C16H25N3O/c1-13(2)15-5-3-14(4-6-15)12-18-7-9-19(10-8-18)16(20)11-17/h3-6,13H,7-12,17H2,1-2H3. The van der Waals surface area contributed by atoms with Crippen molar-refractivity contribution in [1.82, 2.24) is 9.80 Å². The molecular weight excluding hydrogens is 250 g/mol. The number of rotatable bonds is 4. The Labute approximate surface area is 121 Å². The molecule has 20 heavy (non-hydrogen) atoms. The van der Waals surface area contributed by atoms with Crippen LogP contribution in [-0.4, -0.2) is 48.4 Å². The molecule has 0 atom stereocenters. The van der Waals surface area contributed by atoms with Crippen LogP contribution in [0.25, 0.3) is 0 Å². The van der Waals surface area contributed by atoms with Gasteiger partial charge in [-0.25, -0.2) is 0 Å². The molecule has 4 nitrogen and oxygen atoms in total. The maximum atomic E-state index is 11.5. The van der Waals surface area contributed by atoms with Crippen LogP contribution in [0.4, 0.5) is 0 Å². The second-order valence-electron chi connectivity index (χ2n) is 5.76. The number of benzene rings is 1. The summed E-state index contributed by atoms with van der Waals surface area (Å²) in [5.74, 6) is 0.640. The molecule has 0 aromatic heterocycles. The molecule has 1 amide bonds. The monoisotopic (exact) mass is 275 g/mol. The van der Waals surface area contributed by atoms with Gasteiger partial charge in [0.1, 0.15) is 0 Å². The van der Waals surface area contributed by atoms with E-state index in [1.165, 1.54) is 11.1 Å². The van der Waals surface area contributed by atoms with Gasteiger partial charge in [-0.2, -0.15) is 0 Å². The fourth-order valence-electron chi connectivity index (χ4n) is 2.55.